The maximum absolute atomic E-state index is 13.0. The third-order valence-electron chi connectivity index (χ3n) is 5.24. The minimum absolute atomic E-state index is 0.0178. The first kappa shape index (κ1) is 34.9. The van der Waals surface area contributed by atoms with Crippen molar-refractivity contribution in [3.05, 3.63) is 0 Å². The molecule has 0 aliphatic rings. The van der Waals surface area contributed by atoms with Crippen LogP contribution < -0.4 is 50.4 Å². The van der Waals surface area contributed by atoms with Crippen LogP contribution >= 0.6 is 0 Å². The lowest BCUT2D eigenvalue weighted by molar-refractivity contribution is -0.143. The molecule has 0 saturated carbocycles. The Balaban J connectivity index is 5.59. The molecule has 0 aromatic carbocycles. The molecule has 17 nitrogen and oxygen atoms in total. The summed E-state index contributed by atoms with van der Waals surface area (Å²) in [4.78, 5) is 69.4. The van der Waals surface area contributed by atoms with Crippen LogP contribution in [0.4, 0.5) is 0 Å². The maximum atomic E-state index is 13.0. The molecule has 0 radical (unpaired) electrons. The Morgan fingerprint density at radius 3 is 1.64 bits per heavy atom. The summed E-state index contributed by atoms with van der Waals surface area (Å²) in [6, 6.07) is -4.93. The zero-order chi connectivity index (χ0) is 30.1. The molecule has 16 N–H and O–H groups in total. The number of aliphatic carboxylic acids is 1. The molecule has 0 aliphatic carbocycles. The molecule has 0 aromatic rings. The molecule has 0 aliphatic heterocycles. The highest BCUT2D eigenvalue weighted by Crippen LogP contribution is 2.08. The lowest BCUT2D eigenvalue weighted by Crippen LogP contribution is -2.57. The summed E-state index contributed by atoms with van der Waals surface area (Å²) in [5.41, 5.74) is 32.2. The number of amides is 4. The van der Waals surface area contributed by atoms with Crippen LogP contribution in [0.1, 0.15) is 52.4 Å². The molecule has 0 heterocycles. The number of carbonyl (C=O) groups excluding carboxylic acids is 4. The van der Waals surface area contributed by atoms with Crippen LogP contribution in [0.25, 0.3) is 0 Å². The molecular formula is C22H43N11O6. The van der Waals surface area contributed by atoms with E-state index in [0.29, 0.717) is 6.42 Å². The molecule has 4 amide bonds. The highest BCUT2D eigenvalue weighted by Gasteiger charge is 2.31. The van der Waals surface area contributed by atoms with Crippen LogP contribution in [0.2, 0.25) is 0 Å². The molecule has 4 atom stereocenters. The summed E-state index contributed by atoms with van der Waals surface area (Å²) in [6.45, 7) is 3.95. The van der Waals surface area contributed by atoms with Gasteiger partial charge in [0.05, 0.1) is 12.5 Å². The van der Waals surface area contributed by atoms with Crippen LogP contribution in [-0.2, 0) is 24.0 Å². The highest BCUT2D eigenvalue weighted by atomic mass is 16.4. The maximum Gasteiger partial charge on any atom is 0.326 e. The van der Waals surface area contributed by atoms with Gasteiger partial charge in [-0.05, 0) is 38.0 Å². The van der Waals surface area contributed by atoms with E-state index in [9.17, 15) is 29.1 Å². The van der Waals surface area contributed by atoms with Crippen LogP contribution in [0.15, 0.2) is 9.98 Å². The second-order valence-electron chi connectivity index (χ2n) is 9.33. The van der Waals surface area contributed by atoms with Gasteiger partial charge in [-0.2, -0.15) is 0 Å². The number of carbonyl (C=O) groups is 5. The molecule has 0 spiro atoms. The lowest BCUT2D eigenvalue weighted by Gasteiger charge is -2.25. The smallest absolute Gasteiger partial charge is 0.326 e. The first-order valence-electron chi connectivity index (χ1n) is 12.4. The largest absolute Gasteiger partial charge is 0.480 e. The standard InChI is InChI=1S/C22H43N11O6/c1-11(2)9-15(20(38)39)33-18(36)13(6-4-8-30-22(27)28)31-19(37)14(10-16(24)34)32-17(35)12(23)5-3-7-29-21(25)26/h11-15H,3-10,23H2,1-2H3,(H2,24,34)(H,31,37)(H,32,35)(H,33,36)(H,38,39)(H4,25,26,29)(H4,27,28,30). The van der Waals surface area contributed by atoms with E-state index in [1.807, 2.05) is 0 Å². The minimum atomic E-state index is -1.45. The highest BCUT2D eigenvalue weighted by molar-refractivity contribution is 5.96. The predicted octanol–water partition coefficient (Wildman–Crippen LogP) is -4.12. The summed E-state index contributed by atoms with van der Waals surface area (Å²) in [7, 11) is 0. The molecule has 0 aromatic heterocycles. The van der Waals surface area contributed by atoms with Gasteiger partial charge in [0.15, 0.2) is 11.9 Å². The topological polar surface area (TPSA) is 323 Å². The van der Waals surface area contributed by atoms with E-state index in [1.54, 1.807) is 13.8 Å². The normalized spacial score (nSPS) is 13.7. The Kier molecular flexibility index (Phi) is 16.2. The number of carboxylic acid groups (broad SMARTS) is 1. The number of nitrogens with two attached hydrogens (primary N) is 6. The zero-order valence-electron chi connectivity index (χ0n) is 22.4. The predicted molar refractivity (Wildman–Crippen MR) is 144 cm³/mol. The Morgan fingerprint density at radius 2 is 1.18 bits per heavy atom. The van der Waals surface area contributed by atoms with Crippen molar-refractivity contribution in [1.29, 1.82) is 0 Å². The fraction of sp³-hybridized carbons (Fsp3) is 0.682. The average molecular weight is 558 g/mol. The molecule has 0 fully saturated rings. The van der Waals surface area contributed by atoms with Crippen molar-refractivity contribution in [2.45, 2.75) is 76.5 Å². The first-order chi connectivity index (χ1) is 18.1. The number of aliphatic imine (C=N–C) groups is 2. The molecule has 222 valence electrons. The van der Waals surface area contributed by atoms with E-state index in [-0.39, 0.29) is 56.6 Å². The summed E-state index contributed by atoms with van der Waals surface area (Å²) >= 11 is 0. The number of guanidine groups is 2. The van der Waals surface area contributed by atoms with Crippen molar-refractivity contribution in [1.82, 2.24) is 16.0 Å². The van der Waals surface area contributed by atoms with Crippen molar-refractivity contribution >= 4 is 41.5 Å². The number of nitrogens with zero attached hydrogens (tertiary/aromatic N) is 2. The summed E-state index contributed by atoms with van der Waals surface area (Å²) in [6.07, 6.45) is 0.382. The van der Waals surface area contributed by atoms with Gasteiger partial charge in [0, 0.05) is 13.1 Å². The Morgan fingerprint density at radius 1 is 0.718 bits per heavy atom. The van der Waals surface area contributed by atoms with E-state index >= 15 is 0 Å². The molecule has 0 bridgehead atoms. The number of rotatable bonds is 19. The van der Waals surface area contributed by atoms with Gasteiger partial charge in [0.1, 0.15) is 18.1 Å². The van der Waals surface area contributed by atoms with Gasteiger partial charge < -0.3 is 55.5 Å². The molecule has 4 unspecified atom stereocenters. The third-order valence-corrected chi connectivity index (χ3v) is 5.24. The number of primary amides is 1. The average Bonchev–Trinajstić information content (AvgIpc) is 2.81. The molecule has 0 rings (SSSR count). The second-order valence-corrected chi connectivity index (χ2v) is 9.33. The van der Waals surface area contributed by atoms with Gasteiger partial charge in [-0.25, -0.2) is 4.79 Å². The van der Waals surface area contributed by atoms with Crippen molar-refractivity contribution in [2.24, 2.45) is 50.3 Å². The lowest BCUT2D eigenvalue weighted by atomic mass is 10.0. The van der Waals surface area contributed by atoms with Crippen molar-refractivity contribution in [3.8, 4) is 0 Å². The van der Waals surface area contributed by atoms with E-state index < -0.39 is 60.2 Å². The van der Waals surface area contributed by atoms with Gasteiger partial charge in [0.2, 0.25) is 23.6 Å². The molecule has 39 heavy (non-hydrogen) atoms. The van der Waals surface area contributed by atoms with Gasteiger partial charge in [-0.15, -0.1) is 0 Å². The quantitative estimate of drug-likeness (QED) is 0.0413. The van der Waals surface area contributed by atoms with Gasteiger partial charge in [0.25, 0.3) is 0 Å². The first-order valence-corrected chi connectivity index (χ1v) is 12.4. The number of carboxylic acids is 1. The zero-order valence-corrected chi connectivity index (χ0v) is 22.4. The Bertz CT molecular complexity index is 901. The molecular weight excluding hydrogens is 514 g/mol. The van der Waals surface area contributed by atoms with Crippen molar-refractivity contribution < 1.29 is 29.1 Å². The van der Waals surface area contributed by atoms with Crippen molar-refractivity contribution in [3.63, 3.8) is 0 Å². The number of hydrogen-bond donors (Lipinski definition) is 10. The molecule has 0 saturated heterocycles. The number of hydrogen-bond acceptors (Lipinski definition) is 8. The Hall–Kier alpha value is -4.15. The van der Waals surface area contributed by atoms with Gasteiger partial charge in [-0.1, -0.05) is 13.8 Å². The van der Waals surface area contributed by atoms with E-state index in [1.165, 1.54) is 0 Å². The van der Waals surface area contributed by atoms with Crippen LogP contribution in [0, 0.1) is 5.92 Å². The fourth-order valence-electron chi connectivity index (χ4n) is 3.35. The van der Waals surface area contributed by atoms with Gasteiger partial charge in [-0.3, -0.25) is 29.2 Å². The second kappa shape index (κ2) is 18.2. The minimum Gasteiger partial charge on any atom is -0.480 e. The summed E-state index contributed by atoms with van der Waals surface area (Å²) < 4.78 is 0. The van der Waals surface area contributed by atoms with E-state index in [0.717, 1.165) is 0 Å². The Labute approximate surface area is 226 Å². The summed E-state index contributed by atoms with van der Waals surface area (Å²) in [5.74, 6) is -4.86. The van der Waals surface area contributed by atoms with Gasteiger partial charge >= 0.3 is 5.97 Å². The van der Waals surface area contributed by atoms with Crippen LogP contribution in [-0.4, -0.2) is 83.9 Å². The van der Waals surface area contributed by atoms with Crippen LogP contribution in [0.5, 0.6) is 0 Å². The van der Waals surface area contributed by atoms with E-state index in [2.05, 4.69) is 25.9 Å². The fourth-order valence-corrected chi connectivity index (χ4v) is 3.35. The molecule has 17 heteroatoms. The monoisotopic (exact) mass is 557 g/mol. The van der Waals surface area contributed by atoms with Crippen molar-refractivity contribution in [2.75, 3.05) is 13.1 Å². The van der Waals surface area contributed by atoms with E-state index in [4.69, 9.17) is 34.4 Å². The van der Waals surface area contributed by atoms with Crippen LogP contribution in [0.3, 0.4) is 0 Å². The third kappa shape index (κ3) is 16.3. The SMILES string of the molecule is CC(C)CC(NC(=O)C(CCCN=C(N)N)NC(=O)C(CC(N)=O)NC(=O)C(N)CCCN=C(N)N)C(=O)O. The number of nitrogens with one attached hydrogen (secondary N) is 3. The summed E-state index contributed by atoms with van der Waals surface area (Å²) in [5, 5.41) is 16.7.